The minimum atomic E-state index is -0.385. The summed E-state index contributed by atoms with van der Waals surface area (Å²) < 4.78 is 5.36. The maximum Gasteiger partial charge on any atom is 0.0771 e. The summed E-state index contributed by atoms with van der Waals surface area (Å²) in [6.07, 6.45) is 6.77. The Morgan fingerprint density at radius 3 is 2.62 bits per heavy atom. The van der Waals surface area contributed by atoms with Crippen LogP contribution in [0, 0.1) is 5.92 Å². The summed E-state index contributed by atoms with van der Waals surface area (Å²) in [6.45, 7) is 4.87. The van der Waals surface area contributed by atoms with Gasteiger partial charge in [-0.2, -0.15) is 0 Å². The van der Waals surface area contributed by atoms with Crippen molar-refractivity contribution in [1.29, 1.82) is 0 Å². The zero-order valence-corrected chi connectivity index (χ0v) is 10.4. The summed E-state index contributed by atoms with van der Waals surface area (Å²) in [5.41, 5.74) is -0.385. The number of aliphatic hydroxyl groups is 1. The SMILES string of the molecule is CC(CC1CCOCC1)NCC1(O)CCC1. The first kappa shape index (κ1) is 12.3. The van der Waals surface area contributed by atoms with Gasteiger partial charge in [-0.3, -0.25) is 0 Å². The van der Waals surface area contributed by atoms with Gasteiger partial charge in [-0.25, -0.2) is 0 Å². The Kier molecular flexibility index (Phi) is 4.22. The van der Waals surface area contributed by atoms with E-state index in [1.165, 1.54) is 25.7 Å². The molecule has 1 saturated heterocycles. The minimum Gasteiger partial charge on any atom is -0.389 e. The van der Waals surface area contributed by atoms with Gasteiger partial charge in [0.05, 0.1) is 5.60 Å². The topological polar surface area (TPSA) is 41.5 Å². The minimum absolute atomic E-state index is 0.385. The van der Waals surface area contributed by atoms with Gasteiger partial charge in [0.2, 0.25) is 0 Å². The average Bonchev–Trinajstić information content (AvgIpc) is 2.25. The van der Waals surface area contributed by atoms with Crippen LogP contribution in [-0.2, 0) is 4.74 Å². The third-order valence-corrected chi connectivity index (χ3v) is 4.09. The highest BCUT2D eigenvalue weighted by molar-refractivity contribution is 4.90. The lowest BCUT2D eigenvalue weighted by atomic mass is 9.80. The predicted octanol–water partition coefficient (Wildman–Crippen LogP) is 1.70. The molecule has 2 aliphatic rings. The molecular formula is C13H25NO2. The Hall–Kier alpha value is -0.120. The van der Waals surface area contributed by atoms with Gasteiger partial charge in [0.25, 0.3) is 0 Å². The number of hydrogen-bond donors (Lipinski definition) is 2. The molecule has 1 aliphatic carbocycles. The van der Waals surface area contributed by atoms with Crippen LogP contribution in [0.1, 0.15) is 45.4 Å². The summed E-state index contributed by atoms with van der Waals surface area (Å²) in [7, 11) is 0. The van der Waals surface area contributed by atoms with E-state index in [-0.39, 0.29) is 5.60 Å². The van der Waals surface area contributed by atoms with E-state index < -0.39 is 0 Å². The van der Waals surface area contributed by atoms with Gasteiger partial charge in [0.1, 0.15) is 0 Å². The molecule has 3 heteroatoms. The van der Waals surface area contributed by atoms with Crippen molar-refractivity contribution < 1.29 is 9.84 Å². The average molecular weight is 227 g/mol. The molecule has 2 fully saturated rings. The van der Waals surface area contributed by atoms with Crippen molar-refractivity contribution in [3.8, 4) is 0 Å². The van der Waals surface area contributed by atoms with Gasteiger partial charge < -0.3 is 15.2 Å². The number of rotatable bonds is 5. The monoisotopic (exact) mass is 227 g/mol. The van der Waals surface area contributed by atoms with Crippen LogP contribution in [0.25, 0.3) is 0 Å². The fourth-order valence-corrected chi connectivity index (χ4v) is 2.69. The van der Waals surface area contributed by atoms with Crippen LogP contribution in [0.3, 0.4) is 0 Å². The normalized spacial score (nSPS) is 27.4. The highest BCUT2D eigenvalue weighted by Gasteiger charge is 2.34. The zero-order chi connectivity index (χ0) is 11.4. The van der Waals surface area contributed by atoms with Crippen molar-refractivity contribution in [3.05, 3.63) is 0 Å². The van der Waals surface area contributed by atoms with Gasteiger partial charge in [-0.05, 0) is 51.4 Å². The zero-order valence-electron chi connectivity index (χ0n) is 10.4. The molecule has 3 nitrogen and oxygen atoms in total. The largest absolute Gasteiger partial charge is 0.389 e. The first-order valence-electron chi connectivity index (χ1n) is 6.71. The maximum atomic E-state index is 9.98. The number of nitrogens with one attached hydrogen (secondary N) is 1. The molecule has 1 atom stereocenters. The molecule has 0 aromatic carbocycles. The van der Waals surface area contributed by atoms with E-state index in [0.717, 1.165) is 38.5 Å². The second-order valence-electron chi connectivity index (χ2n) is 5.65. The Morgan fingerprint density at radius 1 is 1.38 bits per heavy atom. The van der Waals surface area contributed by atoms with Gasteiger partial charge in [0, 0.05) is 25.8 Å². The maximum absolute atomic E-state index is 9.98. The van der Waals surface area contributed by atoms with Crippen LogP contribution in [0.15, 0.2) is 0 Å². The summed E-state index contributed by atoms with van der Waals surface area (Å²) in [4.78, 5) is 0. The third kappa shape index (κ3) is 3.44. The molecule has 0 aromatic heterocycles. The first-order chi connectivity index (χ1) is 7.68. The summed E-state index contributed by atoms with van der Waals surface area (Å²) >= 11 is 0. The van der Waals surface area contributed by atoms with Crippen molar-refractivity contribution in [2.45, 2.75) is 57.1 Å². The van der Waals surface area contributed by atoms with Gasteiger partial charge in [-0.15, -0.1) is 0 Å². The molecule has 0 radical (unpaired) electrons. The predicted molar refractivity (Wildman–Crippen MR) is 64.4 cm³/mol. The van der Waals surface area contributed by atoms with E-state index in [1.807, 2.05) is 0 Å². The highest BCUT2D eigenvalue weighted by Crippen LogP contribution is 2.31. The standard InChI is InChI=1S/C13H25NO2/c1-11(9-12-3-7-16-8-4-12)14-10-13(15)5-2-6-13/h11-12,14-15H,2-10H2,1H3. The molecule has 16 heavy (non-hydrogen) atoms. The van der Waals surface area contributed by atoms with Crippen LogP contribution in [0.2, 0.25) is 0 Å². The van der Waals surface area contributed by atoms with Crippen LogP contribution >= 0.6 is 0 Å². The smallest absolute Gasteiger partial charge is 0.0771 e. The lowest BCUT2D eigenvalue weighted by molar-refractivity contribution is -0.0337. The van der Waals surface area contributed by atoms with E-state index in [0.29, 0.717) is 6.04 Å². The Bertz CT molecular complexity index is 210. The Balaban J connectivity index is 1.61. The first-order valence-corrected chi connectivity index (χ1v) is 6.71. The van der Waals surface area contributed by atoms with Crippen LogP contribution < -0.4 is 5.32 Å². The molecule has 2 N–H and O–H groups in total. The number of ether oxygens (including phenoxy) is 1. The molecule has 1 unspecified atom stereocenters. The van der Waals surface area contributed by atoms with Gasteiger partial charge in [-0.1, -0.05) is 0 Å². The molecule has 94 valence electrons. The lowest BCUT2D eigenvalue weighted by Crippen LogP contribution is -2.48. The molecule has 0 spiro atoms. The molecule has 0 aromatic rings. The third-order valence-electron chi connectivity index (χ3n) is 4.09. The van der Waals surface area contributed by atoms with E-state index in [4.69, 9.17) is 4.74 Å². The highest BCUT2D eigenvalue weighted by atomic mass is 16.5. The fourth-order valence-electron chi connectivity index (χ4n) is 2.69. The van der Waals surface area contributed by atoms with Gasteiger partial charge >= 0.3 is 0 Å². The van der Waals surface area contributed by atoms with Gasteiger partial charge in [0.15, 0.2) is 0 Å². The van der Waals surface area contributed by atoms with Crippen LogP contribution in [0.5, 0.6) is 0 Å². The molecule has 1 saturated carbocycles. The summed E-state index contributed by atoms with van der Waals surface area (Å²) in [5, 5.41) is 13.5. The lowest BCUT2D eigenvalue weighted by Gasteiger charge is -2.38. The molecule has 0 amide bonds. The van der Waals surface area contributed by atoms with Crippen molar-refractivity contribution in [1.82, 2.24) is 5.32 Å². The molecule has 0 bridgehead atoms. The van der Waals surface area contributed by atoms with Crippen molar-refractivity contribution >= 4 is 0 Å². The second kappa shape index (κ2) is 5.48. The van der Waals surface area contributed by atoms with E-state index in [9.17, 15) is 5.11 Å². The van der Waals surface area contributed by atoms with Crippen molar-refractivity contribution in [3.63, 3.8) is 0 Å². The van der Waals surface area contributed by atoms with Crippen molar-refractivity contribution in [2.75, 3.05) is 19.8 Å². The van der Waals surface area contributed by atoms with E-state index >= 15 is 0 Å². The van der Waals surface area contributed by atoms with Crippen LogP contribution in [-0.4, -0.2) is 36.5 Å². The van der Waals surface area contributed by atoms with Crippen LogP contribution in [0.4, 0.5) is 0 Å². The molecule has 1 heterocycles. The summed E-state index contributed by atoms with van der Waals surface area (Å²) in [5.74, 6) is 0.812. The second-order valence-corrected chi connectivity index (χ2v) is 5.65. The Morgan fingerprint density at radius 2 is 2.06 bits per heavy atom. The molecule has 2 rings (SSSR count). The van der Waals surface area contributed by atoms with Crippen molar-refractivity contribution in [2.24, 2.45) is 5.92 Å². The molecular weight excluding hydrogens is 202 g/mol. The van der Waals surface area contributed by atoms with E-state index in [2.05, 4.69) is 12.2 Å². The van der Waals surface area contributed by atoms with E-state index in [1.54, 1.807) is 0 Å². The Labute approximate surface area is 98.6 Å². The quantitative estimate of drug-likeness (QED) is 0.751. The number of hydrogen-bond acceptors (Lipinski definition) is 3. The summed E-state index contributed by atoms with van der Waals surface area (Å²) in [6, 6.07) is 0.521. The molecule has 1 aliphatic heterocycles. The fraction of sp³-hybridized carbons (Fsp3) is 1.00.